The number of hydrogen-bond donors (Lipinski definition) is 2. The highest BCUT2D eigenvalue weighted by atomic mass is 16.5. The molecule has 0 aliphatic heterocycles. The van der Waals surface area contributed by atoms with Crippen molar-refractivity contribution in [2.75, 3.05) is 13.2 Å². The Labute approximate surface area is 164 Å². The molecule has 2 saturated carbocycles. The monoisotopic (exact) mass is 378 g/mol. The van der Waals surface area contributed by atoms with E-state index in [1.54, 1.807) is 0 Å². The van der Waals surface area contributed by atoms with Gasteiger partial charge >= 0.3 is 5.97 Å². The van der Waals surface area contributed by atoms with Crippen LogP contribution in [0, 0.1) is 22.7 Å². The molecular formula is C23H38O4. The first-order valence-electron chi connectivity index (χ1n) is 10.4. The zero-order valence-electron chi connectivity index (χ0n) is 17.6. The molecule has 0 amide bonds. The van der Waals surface area contributed by atoms with Gasteiger partial charge in [0.05, 0.1) is 6.61 Å². The van der Waals surface area contributed by atoms with Crippen molar-refractivity contribution in [3.05, 3.63) is 23.8 Å². The predicted octanol–water partition coefficient (Wildman–Crippen LogP) is 4.41. The molecule has 2 aliphatic carbocycles. The summed E-state index contributed by atoms with van der Waals surface area (Å²) >= 11 is 0. The van der Waals surface area contributed by atoms with Crippen molar-refractivity contribution >= 4 is 5.97 Å². The fourth-order valence-electron chi connectivity index (χ4n) is 5.40. The molecule has 0 spiro atoms. The highest BCUT2D eigenvalue weighted by Gasteiger charge is 2.53. The van der Waals surface area contributed by atoms with Crippen molar-refractivity contribution < 1.29 is 19.7 Å². The molecule has 0 saturated heterocycles. The third-order valence-electron chi connectivity index (χ3n) is 7.62. The van der Waals surface area contributed by atoms with Crippen LogP contribution in [0.1, 0.15) is 72.6 Å². The molecule has 4 nitrogen and oxygen atoms in total. The number of aliphatic hydroxyl groups is 2. The quantitative estimate of drug-likeness (QED) is 0.391. The predicted molar refractivity (Wildman–Crippen MR) is 108 cm³/mol. The summed E-state index contributed by atoms with van der Waals surface area (Å²) in [6.07, 6.45) is 8.64. The summed E-state index contributed by atoms with van der Waals surface area (Å²) in [5, 5.41) is 18.1. The highest BCUT2D eigenvalue weighted by molar-refractivity contribution is 5.82. The normalized spacial score (nSPS) is 35.5. The first-order chi connectivity index (χ1) is 12.6. The van der Waals surface area contributed by atoms with E-state index in [1.165, 1.54) is 43.8 Å². The second kappa shape index (κ2) is 8.91. The van der Waals surface area contributed by atoms with E-state index in [0.29, 0.717) is 11.8 Å². The van der Waals surface area contributed by atoms with Gasteiger partial charge in [-0.15, -0.1) is 0 Å². The summed E-state index contributed by atoms with van der Waals surface area (Å²) in [6.45, 7) is 13.1. The van der Waals surface area contributed by atoms with Crippen molar-refractivity contribution in [3.8, 4) is 0 Å². The summed E-state index contributed by atoms with van der Waals surface area (Å²) < 4.78 is 4.98. The minimum Gasteiger partial charge on any atom is -0.460 e. The summed E-state index contributed by atoms with van der Waals surface area (Å²) in [5.74, 6) is 0.883. The first kappa shape index (κ1) is 22.2. The lowest BCUT2D eigenvalue weighted by Gasteiger charge is -2.59. The van der Waals surface area contributed by atoms with Crippen molar-refractivity contribution in [1.29, 1.82) is 0 Å². The first-order valence-corrected chi connectivity index (χ1v) is 10.4. The van der Waals surface area contributed by atoms with E-state index in [0.717, 1.165) is 18.4 Å². The van der Waals surface area contributed by atoms with Gasteiger partial charge in [-0.25, -0.2) is 4.79 Å². The molecule has 2 rings (SSSR count). The highest BCUT2D eigenvalue weighted by Crippen LogP contribution is 2.62. The van der Waals surface area contributed by atoms with Crippen molar-refractivity contribution in [2.45, 2.75) is 78.7 Å². The van der Waals surface area contributed by atoms with Crippen LogP contribution >= 0.6 is 0 Å². The maximum atomic E-state index is 11.9. The van der Waals surface area contributed by atoms with E-state index in [-0.39, 0.29) is 17.4 Å². The molecule has 2 fully saturated rings. The average molecular weight is 379 g/mol. The standard InChI is InChI=1S/C23H38O4/c1-16(13-21(26)27-15-19(25)14-24)9-11-22(4)18(3)10-12-23(5)17(2)7-6-8-20(22)23/h13,18-20,24-25H,2,6-12,14-15H2,1,3-5H3/b16-13+/t18-,19+,20-,22+,23+/m0/s1. The number of carbonyl (C=O) groups excluding carboxylic acids is 1. The maximum Gasteiger partial charge on any atom is 0.330 e. The van der Waals surface area contributed by atoms with E-state index in [2.05, 4.69) is 27.4 Å². The molecule has 0 aromatic carbocycles. The van der Waals surface area contributed by atoms with Crippen LogP contribution in [0.15, 0.2) is 23.8 Å². The van der Waals surface area contributed by atoms with Gasteiger partial charge in [0.2, 0.25) is 0 Å². The largest absolute Gasteiger partial charge is 0.460 e. The van der Waals surface area contributed by atoms with Gasteiger partial charge in [0, 0.05) is 6.08 Å². The molecule has 0 unspecified atom stereocenters. The molecule has 0 heterocycles. The van der Waals surface area contributed by atoms with Crippen LogP contribution in [0.25, 0.3) is 0 Å². The van der Waals surface area contributed by atoms with Crippen LogP contribution in [0.3, 0.4) is 0 Å². The van der Waals surface area contributed by atoms with Gasteiger partial charge in [0.15, 0.2) is 0 Å². The smallest absolute Gasteiger partial charge is 0.330 e. The lowest BCUT2D eigenvalue weighted by atomic mass is 9.46. The number of aliphatic hydroxyl groups excluding tert-OH is 2. The Morgan fingerprint density at radius 3 is 2.78 bits per heavy atom. The Bertz CT molecular complexity index is 581. The topological polar surface area (TPSA) is 66.8 Å². The number of carbonyl (C=O) groups is 1. The minimum absolute atomic E-state index is 0.170. The molecule has 2 aliphatic rings. The summed E-state index contributed by atoms with van der Waals surface area (Å²) in [7, 11) is 0. The number of hydrogen-bond acceptors (Lipinski definition) is 4. The molecule has 5 atom stereocenters. The number of fused-ring (bicyclic) bond motifs is 1. The third-order valence-corrected chi connectivity index (χ3v) is 7.62. The summed E-state index contributed by atoms with van der Waals surface area (Å²) in [4.78, 5) is 11.9. The van der Waals surface area contributed by atoms with Crippen LogP contribution in [0.2, 0.25) is 0 Å². The Kier molecular flexibility index (Phi) is 7.32. The zero-order chi connectivity index (χ0) is 20.2. The number of allylic oxidation sites excluding steroid dienone is 2. The lowest BCUT2D eigenvalue weighted by molar-refractivity contribution is -0.141. The van der Waals surface area contributed by atoms with Crippen molar-refractivity contribution in [2.24, 2.45) is 22.7 Å². The van der Waals surface area contributed by atoms with Crippen molar-refractivity contribution in [1.82, 2.24) is 0 Å². The van der Waals surface area contributed by atoms with E-state index < -0.39 is 18.7 Å². The van der Waals surface area contributed by atoms with E-state index in [4.69, 9.17) is 9.84 Å². The molecule has 4 heteroatoms. The average Bonchev–Trinajstić information content (AvgIpc) is 2.63. The van der Waals surface area contributed by atoms with Gasteiger partial charge in [-0.2, -0.15) is 0 Å². The van der Waals surface area contributed by atoms with E-state index >= 15 is 0 Å². The second-order valence-electron chi connectivity index (χ2n) is 9.37. The van der Waals surface area contributed by atoms with Crippen LogP contribution in [-0.2, 0) is 9.53 Å². The summed E-state index contributed by atoms with van der Waals surface area (Å²) in [6, 6.07) is 0. The Morgan fingerprint density at radius 2 is 2.11 bits per heavy atom. The molecule has 2 N–H and O–H groups in total. The molecular weight excluding hydrogens is 340 g/mol. The zero-order valence-corrected chi connectivity index (χ0v) is 17.6. The van der Waals surface area contributed by atoms with Crippen LogP contribution in [0.4, 0.5) is 0 Å². The number of ether oxygens (including phenoxy) is 1. The van der Waals surface area contributed by atoms with Crippen LogP contribution in [0.5, 0.6) is 0 Å². The fraction of sp³-hybridized carbons (Fsp3) is 0.783. The minimum atomic E-state index is -1.01. The fourth-order valence-corrected chi connectivity index (χ4v) is 5.40. The number of rotatable bonds is 7. The molecule has 0 bridgehead atoms. The SMILES string of the molecule is C=C1CCC[C@H]2[C@](C)(CC/C(C)=C/C(=O)OC[C@H](O)CO)[C@@H](C)CC[C@]12C. The van der Waals surface area contributed by atoms with Crippen molar-refractivity contribution in [3.63, 3.8) is 0 Å². The Hall–Kier alpha value is -1.13. The van der Waals surface area contributed by atoms with Gasteiger partial charge in [-0.1, -0.05) is 38.5 Å². The lowest BCUT2D eigenvalue weighted by Crippen LogP contribution is -2.50. The van der Waals surface area contributed by atoms with E-state index in [1.807, 2.05) is 6.92 Å². The van der Waals surface area contributed by atoms with Gasteiger partial charge in [-0.3, -0.25) is 0 Å². The molecule has 154 valence electrons. The Morgan fingerprint density at radius 1 is 1.41 bits per heavy atom. The van der Waals surface area contributed by atoms with Gasteiger partial charge in [0.25, 0.3) is 0 Å². The van der Waals surface area contributed by atoms with Crippen LogP contribution in [-0.4, -0.2) is 35.5 Å². The molecule has 0 radical (unpaired) electrons. The molecule has 0 aromatic heterocycles. The maximum absolute atomic E-state index is 11.9. The van der Waals surface area contributed by atoms with Gasteiger partial charge < -0.3 is 14.9 Å². The third kappa shape index (κ3) is 4.83. The van der Waals surface area contributed by atoms with Gasteiger partial charge in [0.1, 0.15) is 12.7 Å². The molecule has 0 aromatic rings. The second-order valence-corrected chi connectivity index (χ2v) is 9.37. The van der Waals surface area contributed by atoms with Gasteiger partial charge in [-0.05, 0) is 74.5 Å². The van der Waals surface area contributed by atoms with Crippen LogP contribution < -0.4 is 0 Å². The number of esters is 1. The molecule has 27 heavy (non-hydrogen) atoms. The Balaban J connectivity index is 2.02. The summed E-state index contributed by atoms with van der Waals surface area (Å²) in [5.41, 5.74) is 2.96. The van der Waals surface area contributed by atoms with E-state index in [9.17, 15) is 9.90 Å².